The highest BCUT2D eigenvalue weighted by molar-refractivity contribution is 5.87. The maximum absolute atomic E-state index is 3.93. The smallest absolute Gasteiger partial charge is 0.00994 e. The van der Waals surface area contributed by atoms with Gasteiger partial charge in [-0.2, -0.15) is 0 Å². The van der Waals surface area contributed by atoms with Crippen LogP contribution in [0.1, 0.15) is 22.3 Å². The summed E-state index contributed by atoms with van der Waals surface area (Å²) in [6.45, 7) is 15.6. The van der Waals surface area contributed by atoms with Gasteiger partial charge < -0.3 is 0 Å². The first-order valence-corrected chi connectivity index (χ1v) is 6.53. The lowest BCUT2D eigenvalue weighted by atomic mass is 9.90. The molecule has 0 aromatic heterocycles. The first-order valence-electron chi connectivity index (χ1n) is 6.53. The third kappa shape index (κ3) is 2.28. The summed E-state index contributed by atoms with van der Waals surface area (Å²) in [6.07, 6.45) is 7.45. The molecule has 98 valence electrons. The summed E-state index contributed by atoms with van der Waals surface area (Å²) >= 11 is 0. The van der Waals surface area contributed by atoms with Gasteiger partial charge in [0.1, 0.15) is 0 Å². The van der Waals surface area contributed by atoms with Crippen molar-refractivity contribution in [2.45, 2.75) is 0 Å². The van der Waals surface area contributed by atoms with Crippen LogP contribution in [0.4, 0.5) is 0 Å². The zero-order chi connectivity index (χ0) is 14.5. The van der Waals surface area contributed by atoms with E-state index in [4.69, 9.17) is 0 Å². The topological polar surface area (TPSA) is 0 Å². The van der Waals surface area contributed by atoms with Crippen molar-refractivity contribution >= 4 is 24.3 Å². The average Bonchev–Trinajstić information content (AvgIpc) is 2.52. The molecule has 0 amide bonds. The molecular weight excluding hydrogens is 240 g/mol. The fourth-order valence-corrected chi connectivity index (χ4v) is 2.45. The summed E-state index contributed by atoms with van der Waals surface area (Å²) < 4.78 is 0. The minimum atomic E-state index is 1.08. The summed E-state index contributed by atoms with van der Waals surface area (Å²) in [7, 11) is 0. The molecule has 0 N–H and O–H groups in total. The van der Waals surface area contributed by atoms with E-state index < -0.39 is 0 Å². The highest BCUT2D eigenvalue weighted by Gasteiger charge is 2.10. The summed E-state index contributed by atoms with van der Waals surface area (Å²) in [6, 6.07) is 12.3. The summed E-state index contributed by atoms with van der Waals surface area (Å²) in [4.78, 5) is 0. The second-order valence-corrected chi connectivity index (χ2v) is 4.43. The molecule has 0 radical (unpaired) electrons. The van der Waals surface area contributed by atoms with Crippen molar-refractivity contribution in [3.63, 3.8) is 0 Å². The maximum atomic E-state index is 3.93. The molecule has 0 spiro atoms. The Hall–Kier alpha value is -2.60. The number of rotatable bonds is 5. The van der Waals surface area contributed by atoms with E-state index in [1.807, 2.05) is 48.6 Å². The van der Waals surface area contributed by atoms with Crippen molar-refractivity contribution in [1.29, 1.82) is 0 Å². The van der Waals surface area contributed by atoms with Crippen LogP contribution in [0.25, 0.3) is 35.4 Å². The van der Waals surface area contributed by atoms with Gasteiger partial charge in [-0.3, -0.25) is 0 Å². The van der Waals surface area contributed by atoms with Gasteiger partial charge in [0.25, 0.3) is 0 Å². The molecule has 0 saturated carbocycles. The number of hydrogen-bond donors (Lipinski definition) is 0. The SMILES string of the molecule is C=Cc1cccc(-c2cccc(C=C)c2C=C)c1C=C. The van der Waals surface area contributed by atoms with Crippen molar-refractivity contribution in [3.05, 3.63) is 85.0 Å². The van der Waals surface area contributed by atoms with Gasteiger partial charge in [-0.1, -0.05) is 87.0 Å². The monoisotopic (exact) mass is 258 g/mol. The van der Waals surface area contributed by atoms with Gasteiger partial charge in [0.15, 0.2) is 0 Å². The Kier molecular flexibility index (Phi) is 4.17. The molecule has 0 heteroatoms. The van der Waals surface area contributed by atoms with Gasteiger partial charge in [0, 0.05) is 0 Å². The van der Waals surface area contributed by atoms with Crippen LogP contribution in [0.5, 0.6) is 0 Å². The fraction of sp³-hybridized carbons (Fsp3) is 0. The Morgan fingerprint density at radius 2 is 0.950 bits per heavy atom. The molecule has 0 heterocycles. The van der Waals surface area contributed by atoms with E-state index in [9.17, 15) is 0 Å². The van der Waals surface area contributed by atoms with E-state index in [2.05, 4.69) is 38.4 Å². The predicted octanol–water partition coefficient (Wildman–Crippen LogP) is 5.93. The molecule has 0 bridgehead atoms. The molecule has 20 heavy (non-hydrogen) atoms. The molecule has 0 fully saturated rings. The van der Waals surface area contributed by atoms with Crippen molar-refractivity contribution in [1.82, 2.24) is 0 Å². The van der Waals surface area contributed by atoms with Crippen molar-refractivity contribution in [3.8, 4) is 11.1 Å². The van der Waals surface area contributed by atoms with E-state index >= 15 is 0 Å². The molecule has 0 atom stereocenters. The van der Waals surface area contributed by atoms with E-state index in [0.717, 1.165) is 33.4 Å². The normalized spacial score (nSPS) is 9.80. The standard InChI is InChI=1S/C20H18/c1-5-15-11-9-13-19(17(15)7-3)20-14-10-12-16(6-2)18(20)8-4/h5-14H,1-4H2. The quantitative estimate of drug-likeness (QED) is 0.624. The highest BCUT2D eigenvalue weighted by atomic mass is 14.1. The van der Waals surface area contributed by atoms with Crippen LogP contribution in [0.15, 0.2) is 62.7 Å². The lowest BCUT2D eigenvalue weighted by Gasteiger charge is -2.14. The number of benzene rings is 2. The molecular formula is C20H18. The van der Waals surface area contributed by atoms with Gasteiger partial charge in [0.2, 0.25) is 0 Å². The fourth-order valence-electron chi connectivity index (χ4n) is 2.45. The first kappa shape index (κ1) is 13.8. The van der Waals surface area contributed by atoms with Gasteiger partial charge in [0.05, 0.1) is 0 Å². The molecule has 0 unspecified atom stereocenters. The van der Waals surface area contributed by atoms with Crippen molar-refractivity contribution in [2.75, 3.05) is 0 Å². The maximum Gasteiger partial charge on any atom is -0.00994 e. The van der Waals surface area contributed by atoms with Crippen LogP contribution in [0, 0.1) is 0 Å². The van der Waals surface area contributed by atoms with Crippen LogP contribution >= 0.6 is 0 Å². The summed E-state index contributed by atoms with van der Waals surface area (Å²) in [5.74, 6) is 0. The Balaban J connectivity index is 2.81. The van der Waals surface area contributed by atoms with E-state index in [-0.39, 0.29) is 0 Å². The highest BCUT2D eigenvalue weighted by Crippen LogP contribution is 2.33. The summed E-state index contributed by atoms with van der Waals surface area (Å²) in [5, 5.41) is 0. The van der Waals surface area contributed by atoms with E-state index in [1.54, 1.807) is 0 Å². The first-order chi connectivity index (χ1) is 9.76. The third-order valence-electron chi connectivity index (χ3n) is 3.42. The minimum Gasteiger partial charge on any atom is -0.0984 e. The Morgan fingerprint density at radius 1 is 0.550 bits per heavy atom. The zero-order valence-electron chi connectivity index (χ0n) is 11.6. The minimum absolute atomic E-state index is 1.08. The molecule has 0 aliphatic carbocycles. The molecule has 0 aliphatic rings. The average molecular weight is 258 g/mol. The number of hydrogen-bond acceptors (Lipinski definition) is 0. The lowest BCUT2D eigenvalue weighted by molar-refractivity contribution is 1.54. The zero-order valence-corrected chi connectivity index (χ0v) is 11.6. The van der Waals surface area contributed by atoms with Crippen LogP contribution < -0.4 is 0 Å². The van der Waals surface area contributed by atoms with Gasteiger partial charge in [-0.05, 0) is 33.4 Å². The van der Waals surface area contributed by atoms with Gasteiger partial charge in [-0.15, -0.1) is 0 Å². The van der Waals surface area contributed by atoms with Crippen LogP contribution in [0.2, 0.25) is 0 Å². The van der Waals surface area contributed by atoms with Crippen LogP contribution in [-0.4, -0.2) is 0 Å². The Bertz CT molecular complexity index is 626. The van der Waals surface area contributed by atoms with Gasteiger partial charge >= 0.3 is 0 Å². The van der Waals surface area contributed by atoms with Crippen molar-refractivity contribution in [2.24, 2.45) is 0 Å². The lowest BCUT2D eigenvalue weighted by Crippen LogP contribution is -1.92. The van der Waals surface area contributed by atoms with Crippen LogP contribution in [0.3, 0.4) is 0 Å². The van der Waals surface area contributed by atoms with Crippen molar-refractivity contribution < 1.29 is 0 Å². The van der Waals surface area contributed by atoms with E-state index in [1.165, 1.54) is 0 Å². The second kappa shape index (κ2) is 6.03. The van der Waals surface area contributed by atoms with E-state index in [0.29, 0.717) is 0 Å². The molecule has 2 rings (SSSR count). The largest absolute Gasteiger partial charge is 0.0984 e. The summed E-state index contributed by atoms with van der Waals surface area (Å²) in [5.41, 5.74) is 6.61. The van der Waals surface area contributed by atoms with Crippen LogP contribution in [-0.2, 0) is 0 Å². The molecule has 0 saturated heterocycles. The van der Waals surface area contributed by atoms with Gasteiger partial charge in [-0.25, -0.2) is 0 Å². The molecule has 2 aromatic carbocycles. The molecule has 0 nitrogen and oxygen atoms in total. The second-order valence-electron chi connectivity index (χ2n) is 4.43. The third-order valence-corrected chi connectivity index (χ3v) is 3.42. The molecule has 0 aliphatic heterocycles. The predicted molar refractivity (Wildman–Crippen MR) is 92.2 cm³/mol. The Morgan fingerprint density at radius 3 is 1.25 bits per heavy atom. The molecule has 2 aromatic rings. The Labute approximate surface area is 121 Å².